The molecule has 0 spiro atoms. The van der Waals surface area contributed by atoms with Crippen LogP contribution in [0.5, 0.6) is 0 Å². The van der Waals surface area contributed by atoms with Gasteiger partial charge in [-0.3, -0.25) is 9.59 Å². The first-order valence-electron chi connectivity index (χ1n) is 9.23. The number of hydrogen-bond donors (Lipinski definition) is 0. The van der Waals surface area contributed by atoms with Crippen molar-refractivity contribution in [3.63, 3.8) is 0 Å². The molecular weight excluding hydrogens is 381 g/mol. The normalized spacial score (nSPS) is 23.9. The molecular formula is C20H22FN3O3S. The second-order valence-electron chi connectivity index (χ2n) is 7.36. The minimum atomic E-state index is -0.328. The summed E-state index contributed by atoms with van der Waals surface area (Å²) in [7, 11) is 1.49. The summed E-state index contributed by atoms with van der Waals surface area (Å²) in [6.07, 6.45) is 1.62. The van der Waals surface area contributed by atoms with Gasteiger partial charge in [0.05, 0.1) is 17.2 Å². The predicted octanol–water partition coefficient (Wildman–Crippen LogP) is 2.51. The molecule has 3 heterocycles. The summed E-state index contributed by atoms with van der Waals surface area (Å²) < 4.78 is 18.9. The van der Waals surface area contributed by atoms with Gasteiger partial charge in [-0.05, 0) is 24.6 Å². The quantitative estimate of drug-likeness (QED) is 0.787. The topological polar surface area (TPSA) is 62.7 Å². The van der Waals surface area contributed by atoms with Crippen LogP contribution in [0.15, 0.2) is 30.5 Å². The largest absolute Gasteiger partial charge is 0.375 e. The highest BCUT2D eigenvalue weighted by atomic mass is 32.1. The number of aryl methyl sites for hydroxylation is 1. The maximum Gasteiger partial charge on any atom is 0.265 e. The number of methoxy groups -OCH3 is 1. The average molecular weight is 403 g/mol. The van der Waals surface area contributed by atoms with E-state index in [0.29, 0.717) is 24.5 Å². The second-order valence-corrected chi connectivity index (χ2v) is 8.59. The predicted molar refractivity (Wildman–Crippen MR) is 102 cm³/mol. The number of thiazole rings is 1. The van der Waals surface area contributed by atoms with Crippen molar-refractivity contribution in [2.45, 2.75) is 13.0 Å². The van der Waals surface area contributed by atoms with Gasteiger partial charge in [0.15, 0.2) is 0 Å². The summed E-state index contributed by atoms with van der Waals surface area (Å²) in [6, 6.07) is 6.13. The highest BCUT2D eigenvalue weighted by Crippen LogP contribution is 2.45. The monoisotopic (exact) mass is 403 g/mol. The standard InChI is InChI=1S/C20H22FN3O3S/c1-12-22-7-17(28-12)20(26)23-8-14-9-24(18(25)11-27-2)19(16(14)10-23)13-4-3-5-15(21)6-13/h3-7,14,16,19H,8-11H2,1-2H3/t14-,16-,19+/m1/s1. The summed E-state index contributed by atoms with van der Waals surface area (Å²) in [5.41, 5.74) is 0.764. The molecule has 6 nitrogen and oxygen atoms in total. The molecule has 2 saturated heterocycles. The fraction of sp³-hybridized carbons (Fsp3) is 0.450. The number of likely N-dealkylation sites (tertiary alicyclic amines) is 2. The summed E-state index contributed by atoms with van der Waals surface area (Å²) >= 11 is 1.39. The third kappa shape index (κ3) is 3.42. The number of carbonyl (C=O) groups excluding carboxylic acids is 2. The van der Waals surface area contributed by atoms with E-state index in [4.69, 9.17) is 4.74 Å². The van der Waals surface area contributed by atoms with Crippen molar-refractivity contribution in [2.24, 2.45) is 11.8 Å². The third-order valence-corrected chi connectivity index (χ3v) is 6.46. The van der Waals surface area contributed by atoms with Gasteiger partial charge in [0.25, 0.3) is 5.91 Å². The molecule has 1 aromatic carbocycles. The molecule has 148 valence electrons. The average Bonchev–Trinajstić information content (AvgIpc) is 3.35. The van der Waals surface area contributed by atoms with E-state index >= 15 is 0 Å². The molecule has 2 aliphatic heterocycles. The lowest BCUT2D eigenvalue weighted by molar-refractivity contribution is -0.136. The Kier molecular flexibility index (Phi) is 5.16. The van der Waals surface area contributed by atoms with Gasteiger partial charge in [-0.2, -0.15) is 0 Å². The summed E-state index contributed by atoms with van der Waals surface area (Å²) in [5, 5.41) is 0.858. The molecule has 0 aliphatic carbocycles. The Hall–Kier alpha value is -2.32. The molecule has 2 aromatic rings. The van der Waals surface area contributed by atoms with Crippen LogP contribution in [0.4, 0.5) is 4.39 Å². The Morgan fingerprint density at radius 1 is 1.32 bits per heavy atom. The van der Waals surface area contributed by atoms with E-state index in [9.17, 15) is 14.0 Å². The Morgan fingerprint density at radius 2 is 2.14 bits per heavy atom. The zero-order chi connectivity index (χ0) is 19.8. The molecule has 2 fully saturated rings. The van der Waals surface area contributed by atoms with Crippen LogP contribution in [0, 0.1) is 24.6 Å². The minimum absolute atomic E-state index is 0.00591. The van der Waals surface area contributed by atoms with Gasteiger partial charge in [-0.25, -0.2) is 9.37 Å². The van der Waals surface area contributed by atoms with Crippen molar-refractivity contribution in [2.75, 3.05) is 33.4 Å². The van der Waals surface area contributed by atoms with Gasteiger partial charge in [0.2, 0.25) is 5.91 Å². The number of aromatic nitrogens is 1. The van der Waals surface area contributed by atoms with Crippen molar-refractivity contribution in [3.8, 4) is 0 Å². The Balaban J connectivity index is 1.60. The first kappa shape index (κ1) is 19.0. The van der Waals surface area contributed by atoms with E-state index in [-0.39, 0.29) is 42.1 Å². The molecule has 0 N–H and O–H groups in total. The van der Waals surface area contributed by atoms with Crippen molar-refractivity contribution < 1.29 is 18.7 Å². The number of ether oxygens (including phenoxy) is 1. The van der Waals surface area contributed by atoms with E-state index in [1.165, 1.54) is 30.6 Å². The highest BCUT2D eigenvalue weighted by molar-refractivity contribution is 7.13. The minimum Gasteiger partial charge on any atom is -0.375 e. The van der Waals surface area contributed by atoms with Crippen LogP contribution in [0.3, 0.4) is 0 Å². The molecule has 28 heavy (non-hydrogen) atoms. The van der Waals surface area contributed by atoms with Crippen LogP contribution in [-0.2, 0) is 9.53 Å². The fourth-order valence-corrected chi connectivity index (χ4v) is 5.15. The lowest BCUT2D eigenvalue weighted by Crippen LogP contribution is -2.38. The molecule has 0 saturated carbocycles. The zero-order valence-corrected chi connectivity index (χ0v) is 16.6. The van der Waals surface area contributed by atoms with Crippen LogP contribution < -0.4 is 0 Å². The number of amides is 2. The zero-order valence-electron chi connectivity index (χ0n) is 15.8. The van der Waals surface area contributed by atoms with Gasteiger partial charge < -0.3 is 14.5 Å². The lowest BCUT2D eigenvalue weighted by Gasteiger charge is -2.29. The van der Waals surface area contributed by atoms with Gasteiger partial charge in [-0.15, -0.1) is 11.3 Å². The molecule has 2 aliphatic rings. The van der Waals surface area contributed by atoms with Gasteiger partial charge in [-0.1, -0.05) is 12.1 Å². The number of hydrogen-bond acceptors (Lipinski definition) is 5. The van der Waals surface area contributed by atoms with Gasteiger partial charge >= 0.3 is 0 Å². The number of benzene rings is 1. The van der Waals surface area contributed by atoms with E-state index in [0.717, 1.165) is 10.6 Å². The molecule has 1 aromatic heterocycles. The summed E-state index contributed by atoms with van der Waals surface area (Å²) in [4.78, 5) is 33.9. The number of carbonyl (C=O) groups is 2. The van der Waals surface area contributed by atoms with Crippen LogP contribution in [0.2, 0.25) is 0 Å². The summed E-state index contributed by atoms with van der Waals surface area (Å²) in [5.74, 6) is -0.228. The van der Waals surface area contributed by atoms with Crippen molar-refractivity contribution in [1.29, 1.82) is 0 Å². The number of fused-ring (bicyclic) bond motifs is 1. The van der Waals surface area contributed by atoms with Crippen LogP contribution in [0.25, 0.3) is 0 Å². The van der Waals surface area contributed by atoms with Crippen molar-refractivity contribution >= 4 is 23.2 Å². The molecule has 0 radical (unpaired) electrons. The maximum absolute atomic E-state index is 13.9. The van der Waals surface area contributed by atoms with E-state index < -0.39 is 0 Å². The highest BCUT2D eigenvalue weighted by Gasteiger charge is 2.50. The number of nitrogens with zero attached hydrogens (tertiary/aromatic N) is 3. The van der Waals surface area contributed by atoms with E-state index in [2.05, 4.69) is 4.98 Å². The van der Waals surface area contributed by atoms with Crippen molar-refractivity contribution in [3.05, 3.63) is 51.7 Å². The smallest absolute Gasteiger partial charge is 0.265 e. The molecule has 0 unspecified atom stereocenters. The van der Waals surface area contributed by atoms with Gasteiger partial charge in [0, 0.05) is 38.6 Å². The van der Waals surface area contributed by atoms with Crippen LogP contribution >= 0.6 is 11.3 Å². The van der Waals surface area contributed by atoms with E-state index in [1.807, 2.05) is 17.9 Å². The van der Waals surface area contributed by atoms with Gasteiger partial charge in [0.1, 0.15) is 17.3 Å². The SMILES string of the molecule is COCC(=O)N1C[C@H]2CN(C(=O)c3cnc(C)s3)C[C@H]2[C@@H]1c1cccc(F)c1. The molecule has 8 heteroatoms. The lowest BCUT2D eigenvalue weighted by atomic mass is 9.89. The first-order valence-corrected chi connectivity index (χ1v) is 10.0. The Morgan fingerprint density at radius 3 is 2.82 bits per heavy atom. The fourth-order valence-electron chi connectivity index (χ4n) is 4.41. The van der Waals surface area contributed by atoms with Crippen LogP contribution in [0.1, 0.15) is 26.3 Å². The first-order chi connectivity index (χ1) is 13.5. The van der Waals surface area contributed by atoms with E-state index in [1.54, 1.807) is 17.2 Å². The Bertz CT molecular complexity index is 902. The molecule has 4 rings (SSSR count). The third-order valence-electron chi connectivity index (χ3n) is 5.56. The Labute approximate surface area is 166 Å². The maximum atomic E-state index is 13.9. The molecule has 0 bridgehead atoms. The van der Waals surface area contributed by atoms with Crippen molar-refractivity contribution in [1.82, 2.24) is 14.8 Å². The van der Waals surface area contributed by atoms with Crippen LogP contribution in [-0.4, -0.2) is 59.9 Å². The second kappa shape index (κ2) is 7.60. The molecule has 3 atom stereocenters. The number of halogens is 1. The molecule has 2 amide bonds. The number of rotatable bonds is 4. The summed E-state index contributed by atoms with van der Waals surface area (Å²) in [6.45, 7) is 3.54.